The number of carbonyl (C=O) groups excluding carboxylic acids is 1. The third-order valence-electron chi connectivity index (χ3n) is 4.13. The predicted octanol–water partition coefficient (Wildman–Crippen LogP) is 1.94. The molecule has 2 fully saturated rings. The number of amides is 1. The fourth-order valence-electron chi connectivity index (χ4n) is 2.83. The van der Waals surface area contributed by atoms with Crippen LogP contribution < -0.4 is 4.74 Å². The summed E-state index contributed by atoms with van der Waals surface area (Å²) in [6, 6.07) is 3.67. The summed E-state index contributed by atoms with van der Waals surface area (Å²) in [6.07, 6.45) is 3.00. The molecular formula is C16H23N3O4. The SMILES string of the molecule is Cc1ccc(OC2CCCN(C(=O)OC3CCOCC3)C2)nn1. The summed E-state index contributed by atoms with van der Waals surface area (Å²) >= 11 is 0. The zero-order valence-electron chi connectivity index (χ0n) is 13.4. The minimum atomic E-state index is -0.250. The molecule has 0 N–H and O–H groups in total. The van der Waals surface area contributed by atoms with Crippen LogP contribution in [0.1, 0.15) is 31.4 Å². The zero-order chi connectivity index (χ0) is 16.1. The molecule has 0 aromatic carbocycles. The highest BCUT2D eigenvalue weighted by atomic mass is 16.6. The Kier molecular flexibility index (Phi) is 5.27. The van der Waals surface area contributed by atoms with Gasteiger partial charge in [-0.2, -0.15) is 5.10 Å². The second kappa shape index (κ2) is 7.59. The highest BCUT2D eigenvalue weighted by molar-refractivity contribution is 5.68. The van der Waals surface area contributed by atoms with Crippen LogP contribution in [0.15, 0.2) is 12.1 Å². The van der Waals surface area contributed by atoms with Crippen LogP contribution in [0.3, 0.4) is 0 Å². The monoisotopic (exact) mass is 321 g/mol. The van der Waals surface area contributed by atoms with E-state index >= 15 is 0 Å². The van der Waals surface area contributed by atoms with Crippen molar-refractivity contribution in [2.45, 2.75) is 44.8 Å². The molecule has 2 aliphatic heterocycles. The second-order valence-corrected chi connectivity index (χ2v) is 6.04. The molecule has 1 aromatic heterocycles. The van der Waals surface area contributed by atoms with E-state index in [4.69, 9.17) is 14.2 Å². The molecule has 0 bridgehead atoms. The molecule has 0 aliphatic carbocycles. The standard InChI is InChI=1S/C16H23N3O4/c1-12-4-5-15(18-17-12)22-14-3-2-8-19(11-14)16(20)23-13-6-9-21-10-7-13/h4-5,13-14H,2-3,6-11H2,1H3. The largest absolute Gasteiger partial charge is 0.471 e. The molecule has 7 heteroatoms. The summed E-state index contributed by atoms with van der Waals surface area (Å²) in [4.78, 5) is 14.0. The molecule has 1 aromatic rings. The van der Waals surface area contributed by atoms with Crippen LogP contribution >= 0.6 is 0 Å². The Bertz CT molecular complexity index is 517. The first kappa shape index (κ1) is 16.0. The molecule has 1 amide bonds. The fourth-order valence-corrected chi connectivity index (χ4v) is 2.83. The Hall–Kier alpha value is -1.89. The van der Waals surface area contributed by atoms with Crippen molar-refractivity contribution in [1.82, 2.24) is 15.1 Å². The number of aromatic nitrogens is 2. The molecule has 1 atom stereocenters. The number of ether oxygens (including phenoxy) is 3. The molecule has 3 heterocycles. The molecule has 3 rings (SSSR count). The lowest BCUT2D eigenvalue weighted by molar-refractivity contribution is -0.0175. The number of piperidine rings is 1. The predicted molar refractivity (Wildman–Crippen MR) is 82.3 cm³/mol. The average molecular weight is 321 g/mol. The topological polar surface area (TPSA) is 73.8 Å². The van der Waals surface area contributed by atoms with E-state index in [0.717, 1.165) is 31.4 Å². The van der Waals surface area contributed by atoms with Gasteiger partial charge < -0.3 is 19.1 Å². The Labute approximate surface area is 135 Å². The summed E-state index contributed by atoms with van der Waals surface area (Å²) in [6.45, 7) is 4.44. The molecule has 0 spiro atoms. The van der Waals surface area contributed by atoms with Crippen molar-refractivity contribution in [2.24, 2.45) is 0 Å². The van der Waals surface area contributed by atoms with E-state index in [0.29, 0.717) is 32.2 Å². The van der Waals surface area contributed by atoms with E-state index in [2.05, 4.69) is 10.2 Å². The number of nitrogens with zero attached hydrogens (tertiary/aromatic N) is 3. The van der Waals surface area contributed by atoms with E-state index in [1.54, 1.807) is 4.90 Å². The van der Waals surface area contributed by atoms with Crippen LogP contribution in [-0.2, 0) is 9.47 Å². The van der Waals surface area contributed by atoms with Gasteiger partial charge in [0, 0.05) is 25.5 Å². The molecule has 0 saturated carbocycles. The molecule has 7 nitrogen and oxygen atoms in total. The highest BCUT2D eigenvalue weighted by Gasteiger charge is 2.28. The summed E-state index contributed by atoms with van der Waals surface area (Å²) in [5.74, 6) is 0.500. The van der Waals surface area contributed by atoms with Crippen molar-refractivity contribution >= 4 is 6.09 Å². The van der Waals surface area contributed by atoms with Gasteiger partial charge in [0.05, 0.1) is 25.5 Å². The van der Waals surface area contributed by atoms with Gasteiger partial charge in [0.1, 0.15) is 12.2 Å². The third-order valence-corrected chi connectivity index (χ3v) is 4.13. The van der Waals surface area contributed by atoms with Crippen LogP contribution in [0.4, 0.5) is 4.79 Å². The zero-order valence-corrected chi connectivity index (χ0v) is 13.4. The summed E-state index contributed by atoms with van der Waals surface area (Å²) < 4.78 is 16.7. The summed E-state index contributed by atoms with van der Waals surface area (Å²) in [7, 11) is 0. The van der Waals surface area contributed by atoms with Crippen LogP contribution in [0.2, 0.25) is 0 Å². The van der Waals surface area contributed by atoms with E-state index in [-0.39, 0.29) is 18.3 Å². The van der Waals surface area contributed by atoms with Crippen LogP contribution in [0, 0.1) is 6.92 Å². The lowest BCUT2D eigenvalue weighted by Crippen LogP contribution is -2.46. The molecule has 0 radical (unpaired) electrons. The molecule has 2 aliphatic rings. The maximum atomic E-state index is 12.3. The normalized spacial score (nSPS) is 22.7. The quantitative estimate of drug-likeness (QED) is 0.847. The minimum absolute atomic E-state index is 0.0273. The van der Waals surface area contributed by atoms with E-state index < -0.39 is 0 Å². The maximum Gasteiger partial charge on any atom is 0.410 e. The number of rotatable bonds is 3. The number of hydrogen-bond donors (Lipinski definition) is 0. The number of hydrogen-bond acceptors (Lipinski definition) is 6. The Balaban J connectivity index is 1.50. The molecular weight excluding hydrogens is 298 g/mol. The number of aryl methyl sites for hydroxylation is 1. The van der Waals surface area contributed by atoms with Crippen molar-refractivity contribution in [3.05, 3.63) is 17.8 Å². The van der Waals surface area contributed by atoms with Crippen molar-refractivity contribution in [1.29, 1.82) is 0 Å². The van der Waals surface area contributed by atoms with E-state index in [1.807, 2.05) is 19.1 Å². The Morgan fingerprint density at radius 3 is 2.78 bits per heavy atom. The van der Waals surface area contributed by atoms with Gasteiger partial charge in [0.2, 0.25) is 5.88 Å². The number of likely N-dealkylation sites (tertiary alicyclic amines) is 1. The van der Waals surface area contributed by atoms with Gasteiger partial charge in [-0.25, -0.2) is 4.79 Å². The van der Waals surface area contributed by atoms with Gasteiger partial charge in [-0.1, -0.05) is 0 Å². The van der Waals surface area contributed by atoms with Gasteiger partial charge in [0.25, 0.3) is 0 Å². The lowest BCUT2D eigenvalue weighted by Gasteiger charge is -2.33. The average Bonchev–Trinajstić information content (AvgIpc) is 2.58. The fraction of sp³-hybridized carbons (Fsp3) is 0.688. The van der Waals surface area contributed by atoms with Gasteiger partial charge in [-0.05, 0) is 25.8 Å². The first-order valence-corrected chi connectivity index (χ1v) is 8.21. The first-order chi connectivity index (χ1) is 11.2. The van der Waals surface area contributed by atoms with Crippen LogP contribution in [0.5, 0.6) is 5.88 Å². The summed E-state index contributed by atoms with van der Waals surface area (Å²) in [5, 5.41) is 8.00. The minimum Gasteiger partial charge on any atom is -0.471 e. The molecule has 2 saturated heterocycles. The number of carbonyl (C=O) groups is 1. The van der Waals surface area contributed by atoms with Crippen molar-refractivity contribution in [3.63, 3.8) is 0 Å². The first-order valence-electron chi connectivity index (χ1n) is 8.21. The Morgan fingerprint density at radius 1 is 1.22 bits per heavy atom. The molecule has 126 valence electrons. The second-order valence-electron chi connectivity index (χ2n) is 6.04. The highest BCUT2D eigenvalue weighted by Crippen LogP contribution is 2.19. The smallest absolute Gasteiger partial charge is 0.410 e. The van der Waals surface area contributed by atoms with Gasteiger partial charge in [0.15, 0.2) is 0 Å². The maximum absolute atomic E-state index is 12.3. The van der Waals surface area contributed by atoms with Crippen molar-refractivity contribution < 1.29 is 19.0 Å². The van der Waals surface area contributed by atoms with Crippen LogP contribution in [-0.4, -0.2) is 59.7 Å². The lowest BCUT2D eigenvalue weighted by atomic mass is 10.1. The molecule has 23 heavy (non-hydrogen) atoms. The summed E-state index contributed by atoms with van der Waals surface area (Å²) in [5.41, 5.74) is 0.850. The van der Waals surface area contributed by atoms with Crippen molar-refractivity contribution in [3.8, 4) is 5.88 Å². The van der Waals surface area contributed by atoms with Gasteiger partial charge in [-0.3, -0.25) is 0 Å². The Morgan fingerprint density at radius 2 is 2.04 bits per heavy atom. The van der Waals surface area contributed by atoms with E-state index in [9.17, 15) is 4.79 Å². The third kappa shape index (κ3) is 4.54. The van der Waals surface area contributed by atoms with Crippen molar-refractivity contribution in [2.75, 3.05) is 26.3 Å². The van der Waals surface area contributed by atoms with Gasteiger partial charge >= 0.3 is 6.09 Å². The van der Waals surface area contributed by atoms with Crippen LogP contribution in [0.25, 0.3) is 0 Å². The molecule has 1 unspecified atom stereocenters. The van der Waals surface area contributed by atoms with Gasteiger partial charge in [-0.15, -0.1) is 5.10 Å². The van der Waals surface area contributed by atoms with E-state index in [1.165, 1.54) is 0 Å².